The van der Waals surface area contributed by atoms with Crippen molar-refractivity contribution in [2.24, 2.45) is 0 Å². The van der Waals surface area contributed by atoms with Crippen molar-refractivity contribution in [2.75, 3.05) is 14.2 Å². The Labute approximate surface area is 332 Å². The number of methoxy groups -OCH3 is 2. The van der Waals surface area contributed by atoms with E-state index in [0.29, 0.717) is 33.8 Å². The predicted molar refractivity (Wildman–Crippen MR) is 227 cm³/mol. The van der Waals surface area contributed by atoms with Crippen LogP contribution >= 0.6 is 0 Å². The van der Waals surface area contributed by atoms with Gasteiger partial charge in [-0.3, -0.25) is 9.59 Å². The maximum Gasteiger partial charge on any atom is 0.193 e. The Balaban J connectivity index is 1.45. The zero-order chi connectivity index (χ0) is 38.9. The van der Waals surface area contributed by atoms with Crippen molar-refractivity contribution in [2.45, 2.75) is 5.41 Å². The maximum absolute atomic E-state index is 14.6. The van der Waals surface area contributed by atoms with Crippen molar-refractivity contribution in [3.63, 3.8) is 0 Å². The average molecular weight is 739 g/mol. The molecule has 1 aliphatic carbocycles. The third-order valence-corrected chi connectivity index (χ3v) is 11.1. The van der Waals surface area contributed by atoms with E-state index in [9.17, 15) is 9.59 Å². The average Bonchev–Trinajstić information content (AvgIpc) is 3.58. The van der Waals surface area contributed by atoms with Crippen molar-refractivity contribution in [1.29, 1.82) is 0 Å². The summed E-state index contributed by atoms with van der Waals surface area (Å²) in [6.45, 7) is 0. The highest BCUT2D eigenvalue weighted by atomic mass is 16.5. The normalized spacial score (nSPS) is 12.3. The van der Waals surface area contributed by atoms with Crippen molar-refractivity contribution < 1.29 is 19.1 Å². The molecule has 0 heterocycles. The highest BCUT2D eigenvalue weighted by molar-refractivity contribution is 6.13. The number of fused-ring (bicyclic) bond motifs is 3. The van der Waals surface area contributed by atoms with Gasteiger partial charge in [-0.05, 0) is 116 Å². The van der Waals surface area contributed by atoms with Gasteiger partial charge in [0.15, 0.2) is 11.6 Å². The Bertz CT molecular complexity index is 2590. The van der Waals surface area contributed by atoms with Gasteiger partial charge in [-0.1, -0.05) is 133 Å². The molecule has 0 bridgehead atoms. The Hall–Kier alpha value is -7.30. The van der Waals surface area contributed by atoms with E-state index in [1.54, 1.807) is 20.3 Å². The molecule has 0 spiro atoms. The number of hydrogen-bond donors (Lipinski definition) is 0. The minimum atomic E-state index is -1.05. The molecule has 4 heteroatoms. The zero-order valence-electron chi connectivity index (χ0n) is 31.6. The first kappa shape index (κ1) is 35.4. The van der Waals surface area contributed by atoms with Gasteiger partial charge in [-0.15, -0.1) is 0 Å². The molecule has 0 aromatic heterocycles. The molecule has 9 rings (SSSR count). The highest BCUT2D eigenvalue weighted by Crippen LogP contribution is 2.58. The summed E-state index contributed by atoms with van der Waals surface area (Å²) >= 11 is 0. The van der Waals surface area contributed by atoms with Crippen LogP contribution in [0.15, 0.2) is 194 Å². The monoisotopic (exact) mass is 738 g/mol. The van der Waals surface area contributed by atoms with Gasteiger partial charge in [-0.2, -0.15) is 0 Å². The Kier molecular flexibility index (Phi) is 9.16. The van der Waals surface area contributed by atoms with E-state index in [-0.39, 0.29) is 11.6 Å². The molecule has 1 aliphatic rings. The van der Waals surface area contributed by atoms with Crippen molar-refractivity contribution in [1.82, 2.24) is 0 Å². The van der Waals surface area contributed by atoms with Gasteiger partial charge in [-0.25, -0.2) is 0 Å². The second kappa shape index (κ2) is 14.7. The van der Waals surface area contributed by atoms with E-state index < -0.39 is 5.41 Å². The third kappa shape index (κ3) is 6.22. The van der Waals surface area contributed by atoms with E-state index in [1.165, 1.54) is 0 Å². The van der Waals surface area contributed by atoms with Crippen molar-refractivity contribution in [3.05, 3.63) is 239 Å². The summed E-state index contributed by atoms with van der Waals surface area (Å²) in [4.78, 5) is 29.2. The molecule has 274 valence electrons. The van der Waals surface area contributed by atoms with Gasteiger partial charge in [0.1, 0.15) is 11.5 Å². The molecular weight excluding hydrogens is 701 g/mol. The van der Waals surface area contributed by atoms with Crippen LogP contribution in [0.4, 0.5) is 0 Å². The van der Waals surface area contributed by atoms with Gasteiger partial charge in [0.25, 0.3) is 0 Å². The number of carbonyl (C=O) groups is 2. The number of carbonyl (C=O) groups excluding carboxylic acids is 2. The van der Waals surface area contributed by atoms with Crippen LogP contribution in [-0.2, 0) is 5.41 Å². The van der Waals surface area contributed by atoms with Gasteiger partial charge in [0, 0.05) is 22.3 Å². The lowest BCUT2D eigenvalue weighted by Gasteiger charge is -2.35. The van der Waals surface area contributed by atoms with E-state index in [1.807, 2.05) is 97.1 Å². The van der Waals surface area contributed by atoms with Gasteiger partial charge < -0.3 is 9.47 Å². The Morgan fingerprint density at radius 1 is 0.368 bits per heavy atom. The molecule has 0 amide bonds. The SMILES string of the molecule is COc1ccc2c(c1)C(c1cc(C(=O)c3ccccc3)cc(C(=O)c3ccccc3)c1)(c1cc(-c3ccccc3)cc(-c3ccccc3)c1)c1cc(OC)ccc1-2. The van der Waals surface area contributed by atoms with E-state index in [2.05, 4.69) is 91.0 Å². The standard InChI is InChI=1S/C53H38O4/c1-56-45-23-25-47-48-26-24-46(57-2)34-50(48)53(49(47)33-45,43-29-39(35-15-7-3-8-16-35)27-40(30-43)36-17-9-4-10-18-36)44-31-41(51(54)37-19-11-5-12-20-37)28-42(32-44)52(55)38-21-13-6-14-22-38/h3-34H,1-2H3. The molecule has 0 saturated carbocycles. The highest BCUT2D eigenvalue weighted by Gasteiger charge is 2.48. The number of ketones is 2. The number of rotatable bonds is 10. The van der Waals surface area contributed by atoms with Gasteiger partial charge >= 0.3 is 0 Å². The summed E-state index contributed by atoms with van der Waals surface area (Å²) in [6.07, 6.45) is 0. The summed E-state index contributed by atoms with van der Waals surface area (Å²) in [6, 6.07) is 64.0. The lowest BCUT2D eigenvalue weighted by atomic mass is 9.66. The summed E-state index contributed by atoms with van der Waals surface area (Å²) in [5, 5.41) is 0. The summed E-state index contributed by atoms with van der Waals surface area (Å²) < 4.78 is 11.9. The van der Waals surface area contributed by atoms with Crippen molar-refractivity contribution >= 4 is 11.6 Å². The molecule has 0 N–H and O–H groups in total. The number of hydrogen-bond acceptors (Lipinski definition) is 4. The lowest BCUT2D eigenvalue weighted by Crippen LogP contribution is -2.30. The quantitative estimate of drug-likeness (QED) is 0.131. The second-order valence-electron chi connectivity index (χ2n) is 14.3. The van der Waals surface area contributed by atoms with Crippen LogP contribution in [0.3, 0.4) is 0 Å². The first-order valence-corrected chi connectivity index (χ1v) is 19.0. The molecule has 0 atom stereocenters. The van der Waals surface area contributed by atoms with Crippen LogP contribution in [0.1, 0.15) is 54.1 Å². The van der Waals surface area contributed by atoms with Crippen LogP contribution in [0.5, 0.6) is 11.5 Å². The Morgan fingerprint density at radius 3 is 1.16 bits per heavy atom. The van der Waals surface area contributed by atoms with Crippen LogP contribution in [0.25, 0.3) is 33.4 Å². The first-order valence-electron chi connectivity index (χ1n) is 19.0. The number of ether oxygens (including phenoxy) is 2. The van der Waals surface area contributed by atoms with E-state index in [4.69, 9.17) is 9.47 Å². The van der Waals surface area contributed by atoms with Crippen LogP contribution in [0, 0.1) is 0 Å². The minimum Gasteiger partial charge on any atom is -0.497 e. The molecule has 8 aromatic carbocycles. The zero-order valence-corrected chi connectivity index (χ0v) is 31.6. The van der Waals surface area contributed by atoms with Gasteiger partial charge in [0.05, 0.1) is 19.6 Å². The summed E-state index contributed by atoms with van der Waals surface area (Å²) in [5.41, 5.74) is 10.8. The van der Waals surface area contributed by atoms with Crippen LogP contribution in [-0.4, -0.2) is 25.8 Å². The largest absolute Gasteiger partial charge is 0.497 e. The van der Waals surface area contributed by atoms with Gasteiger partial charge in [0.2, 0.25) is 0 Å². The van der Waals surface area contributed by atoms with E-state index in [0.717, 1.165) is 55.6 Å². The fraction of sp³-hybridized carbons (Fsp3) is 0.0566. The maximum atomic E-state index is 14.6. The molecule has 0 saturated heterocycles. The summed E-state index contributed by atoms with van der Waals surface area (Å²) in [7, 11) is 3.35. The third-order valence-electron chi connectivity index (χ3n) is 11.1. The topological polar surface area (TPSA) is 52.6 Å². The second-order valence-corrected chi connectivity index (χ2v) is 14.3. The number of benzene rings is 8. The first-order chi connectivity index (χ1) is 28.0. The molecule has 57 heavy (non-hydrogen) atoms. The van der Waals surface area contributed by atoms with Crippen molar-refractivity contribution in [3.8, 4) is 44.9 Å². The van der Waals surface area contributed by atoms with Crippen LogP contribution < -0.4 is 9.47 Å². The molecule has 4 nitrogen and oxygen atoms in total. The summed E-state index contributed by atoms with van der Waals surface area (Å²) in [5.74, 6) is 1.04. The van der Waals surface area contributed by atoms with E-state index >= 15 is 0 Å². The molecule has 0 aliphatic heterocycles. The molecule has 8 aromatic rings. The lowest BCUT2D eigenvalue weighted by molar-refractivity contribution is 0.103. The molecular formula is C53H38O4. The predicted octanol–water partition coefficient (Wildman–Crippen LogP) is 11.9. The smallest absolute Gasteiger partial charge is 0.193 e. The van der Waals surface area contributed by atoms with Crippen LogP contribution in [0.2, 0.25) is 0 Å². The minimum absolute atomic E-state index is 0.174. The fourth-order valence-electron chi connectivity index (χ4n) is 8.38. The molecule has 0 unspecified atom stereocenters. The fourth-order valence-corrected chi connectivity index (χ4v) is 8.38. The molecule has 0 fully saturated rings. The molecule has 0 radical (unpaired) electrons. The Morgan fingerprint density at radius 2 is 0.754 bits per heavy atom.